The molecule has 0 aliphatic carbocycles. The maximum atomic E-state index is 13.3. The SMILES string of the molecule is COc1ccc(-c2nc(CN3C(=O)NC(C)(c4ccc(C(C)C)cc4)C3=O)cs2)cc1OC. The van der Waals surface area contributed by atoms with Crippen LogP contribution < -0.4 is 14.8 Å². The van der Waals surface area contributed by atoms with Crippen molar-refractivity contribution in [1.82, 2.24) is 15.2 Å². The fourth-order valence-electron chi connectivity index (χ4n) is 3.88. The molecule has 33 heavy (non-hydrogen) atoms. The van der Waals surface area contributed by atoms with E-state index in [9.17, 15) is 9.59 Å². The predicted octanol–water partition coefficient (Wildman–Crippen LogP) is 4.92. The molecule has 3 amide bonds. The lowest BCUT2D eigenvalue weighted by atomic mass is 9.90. The molecule has 8 heteroatoms. The quantitative estimate of drug-likeness (QED) is 0.501. The summed E-state index contributed by atoms with van der Waals surface area (Å²) in [5.41, 5.74) is 2.36. The van der Waals surface area contributed by atoms with Crippen molar-refractivity contribution in [3.8, 4) is 22.1 Å². The highest BCUT2D eigenvalue weighted by molar-refractivity contribution is 7.13. The van der Waals surface area contributed by atoms with Gasteiger partial charge in [-0.1, -0.05) is 38.1 Å². The van der Waals surface area contributed by atoms with Crippen LogP contribution in [0.2, 0.25) is 0 Å². The number of carbonyl (C=O) groups excluding carboxylic acids is 2. The Morgan fingerprint density at radius 3 is 2.39 bits per heavy atom. The van der Waals surface area contributed by atoms with Gasteiger partial charge in [0, 0.05) is 10.9 Å². The van der Waals surface area contributed by atoms with Crippen molar-refractivity contribution in [3.63, 3.8) is 0 Å². The second-order valence-electron chi connectivity index (χ2n) is 8.44. The molecule has 1 aromatic heterocycles. The summed E-state index contributed by atoms with van der Waals surface area (Å²) in [4.78, 5) is 31.9. The molecular formula is C25H27N3O4S. The van der Waals surface area contributed by atoms with Crippen LogP contribution >= 0.6 is 11.3 Å². The van der Waals surface area contributed by atoms with Crippen LogP contribution in [0.3, 0.4) is 0 Å². The predicted molar refractivity (Wildman–Crippen MR) is 128 cm³/mol. The first-order chi connectivity index (χ1) is 15.8. The van der Waals surface area contributed by atoms with E-state index in [0.717, 1.165) is 16.1 Å². The van der Waals surface area contributed by atoms with E-state index in [4.69, 9.17) is 9.47 Å². The summed E-state index contributed by atoms with van der Waals surface area (Å²) in [6.07, 6.45) is 0. The third-order valence-electron chi connectivity index (χ3n) is 5.93. The van der Waals surface area contributed by atoms with Crippen LogP contribution in [0.4, 0.5) is 4.79 Å². The third kappa shape index (κ3) is 4.18. The monoisotopic (exact) mass is 465 g/mol. The number of urea groups is 1. The second kappa shape index (κ2) is 8.86. The summed E-state index contributed by atoms with van der Waals surface area (Å²) in [7, 11) is 3.17. The summed E-state index contributed by atoms with van der Waals surface area (Å²) in [6.45, 7) is 6.08. The van der Waals surface area contributed by atoms with Crippen molar-refractivity contribution in [1.29, 1.82) is 0 Å². The Balaban J connectivity index is 1.54. The highest BCUT2D eigenvalue weighted by Crippen LogP contribution is 2.35. The Morgan fingerprint density at radius 1 is 1.06 bits per heavy atom. The molecule has 0 radical (unpaired) electrons. The number of amides is 3. The molecule has 1 aliphatic rings. The van der Waals surface area contributed by atoms with E-state index in [-0.39, 0.29) is 12.5 Å². The van der Waals surface area contributed by atoms with Crippen molar-refractivity contribution in [2.24, 2.45) is 0 Å². The Kier molecular flexibility index (Phi) is 6.12. The van der Waals surface area contributed by atoms with Gasteiger partial charge in [-0.05, 0) is 42.2 Å². The average Bonchev–Trinajstić information content (AvgIpc) is 3.37. The molecule has 4 rings (SSSR count). The Labute approximate surface area is 197 Å². The minimum atomic E-state index is -1.10. The molecule has 1 atom stereocenters. The van der Waals surface area contributed by atoms with Crippen LogP contribution in [0.1, 0.15) is 43.5 Å². The van der Waals surface area contributed by atoms with Crippen molar-refractivity contribution in [2.45, 2.75) is 38.8 Å². The van der Waals surface area contributed by atoms with E-state index in [0.29, 0.717) is 23.1 Å². The van der Waals surface area contributed by atoms with Gasteiger partial charge in [-0.3, -0.25) is 9.69 Å². The second-order valence-corrected chi connectivity index (χ2v) is 9.30. The van der Waals surface area contributed by atoms with Crippen molar-refractivity contribution >= 4 is 23.3 Å². The Bertz CT molecular complexity index is 1190. The van der Waals surface area contributed by atoms with Gasteiger partial charge < -0.3 is 14.8 Å². The molecule has 1 unspecified atom stereocenters. The zero-order valence-electron chi connectivity index (χ0n) is 19.3. The molecule has 0 bridgehead atoms. The van der Waals surface area contributed by atoms with E-state index in [1.165, 1.54) is 21.8 Å². The summed E-state index contributed by atoms with van der Waals surface area (Å²) in [5, 5.41) is 5.49. The van der Waals surface area contributed by atoms with Crippen molar-refractivity contribution < 1.29 is 19.1 Å². The third-order valence-corrected chi connectivity index (χ3v) is 6.87. The zero-order chi connectivity index (χ0) is 23.8. The van der Waals surface area contributed by atoms with E-state index in [1.807, 2.05) is 47.8 Å². The first-order valence-electron chi connectivity index (χ1n) is 10.7. The van der Waals surface area contributed by atoms with Gasteiger partial charge in [0.15, 0.2) is 11.5 Å². The minimum Gasteiger partial charge on any atom is -0.493 e. The van der Waals surface area contributed by atoms with Crippen LogP contribution in [0.5, 0.6) is 11.5 Å². The molecule has 1 fully saturated rings. The van der Waals surface area contributed by atoms with E-state index >= 15 is 0 Å². The first kappa shape index (κ1) is 22.8. The minimum absolute atomic E-state index is 0.105. The average molecular weight is 466 g/mol. The smallest absolute Gasteiger partial charge is 0.325 e. The summed E-state index contributed by atoms with van der Waals surface area (Å²) >= 11 is 1.44. The Hall–Kier alpha value is -3.39. The molecular weight excluding hydrogens is 438 g/mol. The molecule has 172 valence electrons. The lowest BCUT2D eigenvalue weighted by molar-refractivity contribution is -0.131. The topological polar surface area (TPSA) is 80.8 Å². The van der Waals surface area contributed by atoms with Gasteiger partial charge in [-0.25, -0.2) is 9.78 Å². The first-order valence-corrected chi connectivity index (χ1v) is 11.6. The van der Waals surface area contributed by atoms with Crippen LogP contribution in [0.25, 0.3) is 10.6 Å². The number of rotatable bonds is 7. The maximum Gasteiger partial charge on any atom is 0.325 e. The summed E-state index contributed by atoms with van der Waals surface area (Å²) in [5.74, 6) is 1.35. The molecule has 1 saturated heterocycles. The molecule has 0 saturated carbocycles. The number of ether oxygens (including phenoxy) is 2. The number of hydrogen-bond donors (Lipinski definition) is 1. The number of nitrogens with zero attached hydrogens (tertiary/aromatic N) is 2. The normalized spacial score (nSPS) is 18.1. The van der Waals surface area contributed by atoms with Crippen molar-refractivity contribution in [3.05, 3.63) is 64.7 Å². The van der Waals surface area contributed by atoms with Gasteiger partial charge in [0.25, 0.3) is 5.91 Å². The number of hydrogen-bond acceptors (Lipinski definition) is 6. The number of carbonyl (C=O) groups is 2. The molecule has 0 spiro atoms. The maximum absolute atomic E-state index is 13.3. The number of imide groups is 1. The number of benzene rings is 2. The van der Waals surface area contributed by atoms with E-state index < -0.39 is 11.6 Å². The van der Waals surface area contributed by atoms with Gasteiger partial charge in [0.2, 0.25) is 0 Å². The fraction of sp³-hybridized carbons (Fsp3) is 0.320. The lowest BCUT2D eigenvalue weighted by Gasteiger charge is -2.22. The molecule has 1 aliphatic heterocycles. The van der Waals surface area contributed by atoms with Gasteiger partial charge in [0.1, 0.15) is 10.5 Å². The zero-order valence-corrected chi connectivity index (χ0v) is 20.2. The summed E-state index contributed by atoms with van der Waals surface area (Å²) < 4.78 is 10.7. The van der Waals surface area contributed by atoms with E-state index in [1.54, 1.807) is 21.1 Å². The lowest BCUT2D eigenvalue weighted by Crippen LogP contribution is -2.40. The standard InChI is InChI=1S/C25H27N3O4S/c1-15(2)16-6-9-18(10-7-16)25(3)23(29)28(24(30)27-25)13-19-14-33-22(26-19)17-8-11-20(31-4)21(12-17)32-5/h6-12,14-15H,13H2,1-5H3,(H,27,30). The summed E-state index contributed by atoms with van der Waals surface area (Å²) in [6, 6.07) is 13.0. The van der Waals surface area contributed by atoms with Gasteiger partial charge >= 0.3 is 6.03 Å². The fourth-order valence-corrected chi connectivity index (χ4v) is 4.69. The number of methoxy groups -OCH3 is 2. The van der Waals surface area contributed by atoms with Crippen LogP contribution in [0.15, 0.2) is 47.8 Å². The largest absolute Gasteiger partial charge is 0.493 e. The molecule has 3 aromatic rings. The van der Waals surface area contributed by atoms with Gasteiger partial charge in [0.05, 0.1) is 26.5 Å². The molecule has 2 heterocycles. The number of thiazole rings is 1. The van der Waals surface area contributed by atoms with Crippen LogP contribution in [0, 0.1) is 0 Å². The van der Waals surface area contributed by atoms with Crippen LogP contribution in [-0.2, 0) is 16.9 Å². The highest BCUT2D eigenvalue weighted by atomic mass is 32.1. The highest BCUT2D eigenvalue weighted by Gasteiger charge is 2.49. The Morgan fingerprint density at radius 2 is 1.76 bits per heavy atom. The van der Waals surface area contributed by atoms with Gasteiger partial charge in [-0.15, -0.1) is 11.3 Å². The molecule has 7 nitrogen and oxygen atoms in total. The molecule has 2 aromatic carbocycles. The number of nitrogens with one attached hydrogen (secondary N) is 1. The van der Waals surface area contributed by atoms with E-state index in [2.05, 4.69) is 24.1 Å². The van der Waals surface area contributed by atoms with Crippen molar-refractivity contribution in [2.75, 3.05) is 14.2 Å². The van der Waals surface area contributed by atoms with Gasteiger partial charge in [-0.2, -0.15) is 0 Å². The molecule has 1 N–H and O–H groups in total. The number of aromatic nitrogens is 1. The van der Waals surface area contributed by atoms with Crippen LogP contribution in [-0.4, -0.2) is 36.0 Å².